The highest BCUT2D eigenvalue weighted by molar-refractivity contribution is 7.99. The van der Waals surface area contributed by atoms with E-state index in [0.717, 1.165) is 29.7 Å². The molecule has 0 saturated heterocycles. The number of hydrogen-bond acceptors (Lipinski definition) is 5. The first kappa shape index (κ1) is 16.0. The number of nitrogens with zero attached hydrogens (tertiary/aromatic N) is 4. The molecule has 6 heteroatoms. The zero-order valence-corrected chi connectivity index (χ0v) is 14.8. The highest BCUT2D eigenvalue weighted by atomic mass is 32.2. The molecular weight excluding hydrogens is 332 g/mol. The summed E-state index contributed by atoms with van der Waals surface area (Å²) >= 11 is 1.37. The molecule has 0 spiro atoms. The van der Waals surface area contributed by atoms with Crippen molar-refractivity contribution < 1.29 is 4.79 Å². The van der Waals surface area contributed by atoms with E-state index in [1.54, 1.807) is 4.68 Å². The topological polar surface area (TPSA) is 60.7 Å². The van der Waals surface area contributed by atoms with Gasteiger partial charge in [0.25, 0.3) is 0 Å². The van der Waals surface area contributed by atoms with E-state index < -0.39 is 0 Å². The van der Waals surface area contributed by atoms with E-state index in [-0.39, 0.29) is 5.78 Å². The summed E-state index contributed by atoms with van der Waals surface area (Å²) in [4.78, 5) is 12.5. The van der Waals surface area contributed by atoms with Crippen LogP contribution in [-0.2, 0) is 12.8 Å². The van der Waals surface area contributed by atoms with E-state index in [0.29, 0.717) is 10.9 Å². The van der Waals surface area contributed by atoms with E-state index in [2.05, 4.69) is 27.7 Å². The van der Waals surface area contributed by atoms with E-state index in [1.807, 2.05) is 37.3 Å². The molecule has 0 saturated carbocycles. The predicted molar refractivity (Wildman–Crippen MR) is 97.4 cm³/mol. The van der Waals surface area contributed by atoms with E-state index >= 15 is 0 Å². The lowest BCUT2D eigenvalue weighted by Crippen LogP contribution is -2.05. The van der Waals surface area contributed by atoms with Gasteiger partial charge in [0, 0.05) is 5.56 Å². The van der Waals surface area contributed by atoms with Crippen molar-refractivity contribution in [3.63, 3.8) is 0 Å². The number of carbonyl (C=O) groups is 1. The highest BCUT2D eigenvalue weighted by Gasteiger charge is 2.16. The second kappa shape index (κ2) is 6.80. The first-order valence-corrected chi connectivity index (χ1v) is 9.32. The van der Waals surface area contributed by atoms with E-state index in [9.17, 15) is 4.79 Å². The molecule has 1 aliphatic carbocycles. The number of aromatic nitrogens is 4. The number of aryl methyl sites for hydroxylation is 3. The lowest BCUT2D eigenvalue weighted by atomic mass is 10.0. The van der Waals surface area contributed by atoms with Crippen LogP contribution in [0.15, 0.2) is 47.6 Å². The van der Waals surface area contributed by atoms with Gasteiger partial charge in [0.2, 0.25) is 5.16 Å². The van der Waals surface area contributed by atoms with Gasteiger partial charge in [0.15, 0.2) is 5.78 Å². The van der Waals surface area contributed by atoms with Crippen molar-refractivity contribution in [2.75, 3.05) is 5.75 Å². The minimum atomic E-state index is 0.110. The van der Waals surface area contributed by atoms with Crippen molar-refractivity contribution in [3.05, 3.63) is 64.7 Å². The fraction of sp³-hybridized carbons (Fsp3) is 0.263. The highest BCUT2D eigenvalue weighted by Crippen LogP contribution is 2.24. The fourth-order valence-electron chi connectivity index (χ4n) is 3.15. The maximum absolute atomic E-state index is 12.5. The van der Waals surface area contributed by atoms with E-state index in [1.165, 1.54) is 29.3 Å². The van der Waals surface area contributed by atoms with E-state index in [4.69, 9.17) is 0 Å². The van der Waals surface area contributed by atoms with Crippen LogP contribution < -0.4 is 0 Å². The number of thioether (sulfide) groups is 1. The van der Waals surface area contributed by atoms with Gasteiger partial charge < -0.3 is 0 Å². The van der Waals surface area contributed by atoms with Gasteiger partial charge in [-0.2, -0.15) is 4.68 Å². The van der Waals surface area contributed by atoms with Crippen LogP contribution in [0.5, 0.6) is 0 Å². The molecule has 3 aromatic rings. The third-order valence-corrected chi connectivity index (χ3v) is 5.36. The Kier molecular flexibility index (Phi) is 4.36. The van der Waals surface area contributed by atoms with Crippen LogP contribution in [0.3, 0.4) is 0 Å². The van der Waals surface area contributed by atoms with Crippen LogP contribution in [0.1, 0.15) is 33.5 Å². The van der Waals surface area contributed by atoms with Crippen molar-refractivity contribution in [2.45, 2.75) is 31.3 Å². The van der Waals surface area contributed by atoms with Gasteiger partial charge >= 0.3 is 0 Å². The summed E-state index contributed by atoms with van der Waals surface area (Å²) in [5.41, 5.74) is 5.52. The van der Waals surface area contributed by atoms with Crippen LogP contribution in [0, 0.1) is 6.92 Å². The Hall–Kier alpha value is -2.47. The number of ketones is 1. The number of benzene rings is 2. The Labute approximate surface area is 150 Å². The SMILES string of the molecule is Cc1cccc(-n2nnnc2SCC(=O)c2ccc3c(c2)CCC3)c1. The van der Waals surface area contributed by atoms with Gasteiger partial charge in [0.1, 0.15) is 0 Å². The molecule has 4 rings (SSSR count). The average molecular weight is 350 g/mol. The van der Waals surface area contributed by atoms with Crippen molar-refractivity contribution in [1.29, 1.82) is 0 Å². The Morgan fingerprint density at radius 1 is 1.16 bits per heavy atom. The molecule has 0 N–H and O–H groups in total. The van der Waals surface area contributed by atoms with Crippen LogP contribution in [0.4, 0.5) is 0 Å². The summed E-state index contributed by atoms with van der Waals surface area (Å²) < 4.78 is 1.67. The number of hydrogen-bond donors (Lipinski definition) is 0. The third-order valence-electron chi connectivity index (χ3n) is 4.44. The molecule has 0 bridgehead atoms. The quantitative estimate of drug-likeness (QED) is 0.521. The second-order valence-corrected chi connectivity index (χ2v) is 7.20. The van der Waals surface area contributed by atoms with Gasteiger partial charge in [-0.05, 0) is 71.5 Å². The third kappa shape index (κ3) is 3.35. The van der Waals surface area contributed by atoms with Gasteiger partial charge in [-0.25, -0.2) is 0 Å². The summed E-state index contributed by atoms with van der Waals surface area (Å²) in [6.07, 6.45) is 3.39. The molecule has 1 aliphatic rings. The van der Waals surface area contributed by atoms with Crippen LogP contribution in [-0.4, -0.2) is 31.7 Å². The lowest BCUT2D eigenvalue weighted by Gasteiger charge is -2.06. The van der Waals surface area contributed by atoms with Gasteiger partial charge in [-0.3, -0.25) is 4.79 Å². The molecule has 0 unspecified atom stereocenters. The fourth-order valence-corrected chi connectivity index (χ4v) is 3.93. The zero-order chi connectivity index (χ0) is 17.2. The van der Waals surface area contributed by atoms with Crippen molar-refractivity contribution in [1.82, 2.24) is 20.2 Å². The number of tetrazole rings is 1. The first-order chi connectivity index (χ1) is 12.2. The molecule has 0 radical (unpaired) electrons. The van der Waals surface area contributed by atoms with Gasteiger partial charge in [-0.15, -0.1) is 5.10 Å². The van der Waals surface area contributed by atoms with Crippen LogP contribution in [0.25, 0.3) is 5.69 Å². The smallest absolute Gasteiger partial charge is 0.214 e. The molecule has 0 aliphatic heterocycles. The standard InChI is InChI=1S/C19H18N4OS/c1-13-4-2-7-17(10-13)23-19(20-21-22-23)25-12-18(24)16-9-8-14-5-3-6-15(14)11-16/h2,4,7-11H,3,5-6,12H2,1H3. The molecule has 1 aromatic heterocycles. The summed E-state index contributed by atoms with van der Waals surface area (Å²) in [6.45, 7) is 2.03. The zero-order valence-electron chi connectivity index (χ0n) is 14.0. The molecule has 2 aromatic carbocycles. The second-order valence-electron chi connectivity index (χ2n) is 6.26. The first-order valence-electron chi connectivity index (χ1n) is 8.34. The monoisotopic (exact) mass is 350 g/mol. The molecule has 126 valence electrons. The number of fused-ring (bicyclic) bond motifs is 1. The largest absolute Gasteiger partial charge is 0.293 e. The predicted octanol–water partition coefficient (Wildman–Crippen LogP) is 3.43. The molecular formula is C19H18N4OS. The normalized spacial score (nSPS) is 13.0. The molecule has 0 fully saturated rings. The minimum absolute atomic E-state index is 0.110. The molecule has 25 heavy (non-hydrogen) atoms. The number of Topliss-reactive ketones (excluding diaryl/α,β-unsaturated/α-hetero) is 1. The maximum atomic E-state index is 12.5. The van der Waals surface area contributed by atoms with Gasteiger partial charge in [0.05, 0.1) is 11.4 Å². The van der Waals surface area contributed by atoms with Gasteiger partial charge in [-0.1, -0.05) is 36.0 Å². The van der Waals surface area contributed by atoms with Crippen molar-refractivity contribution in [3.8, 4) is 5.69 Å². The Morgan fingerprint density at radius 3 is 2.92 bits per heavy atom. The summed E-state index contributed by atoms with van der Waals surface area (Å²) in [5, 5.41) is 12.5. The molecule has 0 atom stereocenters. The van der Waals surface area contributed by atoms with Crippen LogP contribution in [0.2, 0.25) is 0 Å². The Balaban J connectivity index is 1.49. The minimum Gasteiger partial charge on any atom is -0.293 e. The average Bonchev–Trinajstić information content (AvgIpc) is 3.28. The van der Waals surface area contributed by atoms with Crippen molar-refractivity contribution >= 4 is 17.5 Å². The van der Waals surface area contributed by atoms with Crippen molar-refractivity contribution in [2.24, 2.45) is 0 Å². The maximum Gasteiger partial charge on any atom is 0.214 e. The number of rotatable bonds is 5. The summed E-state index contributed by atoms with van der Waals surface area (Å²) in [6, 6.07) is 14.1. The molecule has 1 heterocycles. The van der Waals surface area contributed by atoms with Crippen LogP contribution >= 0.6 is 11.8 Å². The summed E-state index contributed by atoms with van der Waals surface area (Å²) in [7, 11) is 0. The lowest BCUT2D eigenvalue weighted by molar-refractivity contribution is 0.102. The summed E-state index contributed by atoms with van der Waals surface area (Å²) in [5.74, 6) is 0.434. The number of carbonyl (C=O) groups excluding carboxylic acids is 1. The molecule has 5 nitrogen and oxygen atoms in total. The Bertz CT molecular complexity index is 935. The molecule has 0 amide bonds. The Morgan fingerprint density at radius 2 is 2.04 bits per heavy atom.